The fourth-order valence-electron chi connectivity index (χ4n) is 1.76. The summed E-state index contributed by atoms with van der Waals surface area (Å²) in [6.45, 7) is 2.18. The van der Waals surface area contributed by atoms with Crippen LogP contribution in [-0.4, -0.2) is 34.9 Å². The van der Waals surface area contributed by atoms with Crippen molar-refractivity contribution in [1.82, 2.24) is 15.5 Å². The van der Waals surface area contributed by atoms with E-state index in [1.165, 1.54) is 18.2 Å². The maximum absolute atomic E-state index is 12.1. The average molecular weight is 326 g/mol. The van der Waals surface area contributed by atoms with Gasteiger partial charge in [-0.15, -0.1) is 0 Å². The lowest BCUT2D eigenvalue weighted by Crippen LogP contribution is -2.27. The zero-order chi connectivity index (χ0) is 16.1. The molecule has 0 aliphatic rings. The Labute approximate surface area is 132 Å². The van der Waals surface area contributed by atoms with Crippen LogP contribution in [0.3, 0.4) is 0 Å². The monoisotopic (exact) mass is 325 g/mol. The van der Waals surface area contributed by atoms with Gasteiger partial charge >= 0.3 is 0 Å². The molecular formula is C14H16ClN3O4. The van der Waals surface area contributed by atoms with Crippen LogP contribution in [-0.2, 0) is 11.2 Å². The van der Waals surface area contributed by atoms with Gasteiger partial charge in [-0.2, -0.15) is 4.98 Å². The molecule has 0 radical (unpaired) electrons. The van der Waals surface area contributed by atoms with Gasteiger partial charge in [-0.1, -0.05) is 16.8 Å². The average Bonchev–Trinajstić information content (AvgIpc) is 2.96. The number of carbonyl (C=O) groups excluding carboxylic acids is 1. The first-order valence-corrected chi connectivity index (χ1v) is 7.00. The number of carbonyl (C=O) groups is 1. The number of nitrogens with zero attached hydrogens (tertiary/aromatic N) is 2. The predicted molar refractivity (Wildman–Crippen MR) is 78.9 cm³/mol. The van der Waals surface area contributed by atoms with E-state index in [0.29, 0.717) is 23.9 Å². The third kappa shape index (κ3) is 3.96. The predicted octanol–water partition coefficient (Wildman–Crippen LogP) is 2.11. The lowest BCUT2D eigenvalue weighted by atomic mass is 10.1. The van der Waals surface area contributed by atoms with Crippen molar-refractivity contribution < 1.29 is 19.2 Å². The molecule has 118 valence electrons. The molecule has 22 heavy (non-hydrogen) atoms. The van der Waals surface area contributed by atoms with Crippen LogP contribution >= 0.6 is 11.6 Å². The van der Waals surface area contributed by atoms with Crippen molar-refractivity contribution in [2.45, 2.75) is 19.4 Å². The number of benzene rings is 1. The molecule has 0 saturated carbocycles. The van der Waals surface area contributed by atoms with Gasteiger partial charge in [-0.05, 0) is 25.1 Å². The first-order chi connectivity index (χ1) is 10.5. The molecule has 0 aliphatic heterocycles. The molecule has 1 atom stereocenters. The second-order valence-corrected chi connectivity index (χ2v) is 5.08. The summed E-state index contributed by atoms with van der Waals surface area (Å²) in [5, 5.41) is 16.5. The number of methoxy groups -OCH3 is 1. The number of aromatic nitrogens is 2. The Bertz CT molecular complexity index is 659. The molecule has 7 nitrogen and oxygen atoms in total. The van der Waals surface area contributed by atoms with E-state index in [-0.39, 0.29) is 17.2 Å². The summed E-state index contributed by atoms with van der Waals surface area (Å²) in [5.41, 5.74) is 0.0819. The smallest absolute Gasteiger partial charge is 0.255 e. The molecule has 0 bridgehead atoms. The fraction of sp³-hybridized carbons (Fsp3) is 0.357. The molecule has 0 spiro atoms. The number of rotatable bonds is 6. The number of hydrogen-bond acceptors (Lipinski definition) is 6. The van der Waals surface area contributed by atoms with Crippen LogP contribution in [0.15, 0.2) is 22.7 Å². The van der Waals surface area contributed by atoms with Crippen molar-refractivity contribution in [1.29, 1.82) is 0 Å². The van der Waals surface area contributed by atoms with E-state index >= 15 is 0 Å². The second kappa shape index (κ2) is 7.24. The first kappa shape index (κ1) is 16.3. The summed E-state index contributed by atoms with van der Waals surface area (Å²) in [5.74, 6) is 0.147. The Hall–Kier alpha value is -2.12. The van der Waals surface area contributed by atoms with Crippen molar-refractivity contribution in [2.24, 2.45) is 0 Å². The van der Waals surface area contributed by atoms with Gasteiger partial charge in [0.15, 0.2) is 5.82 Å². The molecule has 0 fully saturated rings. The van der Waals surface area contributed by atoms with Gasteiger partial charge in [-0.3, -0.25) is 4.79 Å². The van der Waals surface area contributed by atoms with E-state index < -0.39 is 11.9 Å². The van der Waals surface area contributed by atoms with Crippen molar-refractivity contribution in [3.63, 3.8) is 0 Å². The molecule has 0 saturated heterocycles. The standard InChI is InChI=1S/C14H16ClN3O4/c1-8(14-17-12(18-22-14)5-6-21-2)16-13(20)10-7-9(15)3-4-11(10)19/h3-4,7-8,19H,5-6H2,1-2H3,(H,16,20)/t8-/m1/s1. The molecule has 2 N–H and O–H groups in total. The van der Waals surface area contributed by atoms with Gasteiger partial charge in [0.1, 0.15) is 11.8 Å². The maximum atomic E-state index is 12.1. The molecular weight excluding hydrogens is 310 g/mol. The number of phenolic OH excluding ortho intramolecular Hbond substituents is 1. The zero-order valence-corrected chi connectivity index (χ0v) is 12.9. The minimum atomic E-state index is -0.505. The summed E-state index contributed by atoms with van der Waals surface area (Å²) >= 11 is 5.82. The van der Waals surface area contributed by atoms with Crippen molar-refractivity contribution in [3.8, 4) is 5.75 Å². The van der Waals surface area contributed by atoms with Crippen molar-refractivity contribution in [2.75, 3.05) is 13.7 Å². The number of hydrogen-bond donors (Lipinski definition) is 2. The summed E-state index contributed by atoms with van der Waals surface area (Å²) in [4.78, 5) is 16.3. The minimum absolute atomic E-state index is 0.0819. The van der Waals surface area contributed by atoms with Crippen molar-refractivity contribution >= 4 is 17.5 Å². The first-order valence-electron chi connectivity index (χ1n) is 6.62. The van der Waals surface area contributed by atoms with E-state index in [0.717, 1.165) is 0 Å². The minimum Gasteiger partial charge on any atom is -0.507 e. The molecule has 8 heteroatoms. The molecule has 0 aliphatic carbocycles. The van der Waals surface area contributed by atoms with Gasteiger partial charge in [0.05, 0.1) is 12.2 Å². The molecule has 1 heterocycles. The summed E-state index contributed by atoms with van der Waals surface area (Å²) in [7, 11) is 1.58. The van der Waals surface area contributed by atoms with Gasteiger partial charge in [0.2, 0.25) is 5.89 Å². The van der Waals surface area contributed by atoms with E-state index in [1.54, 1.807) is 14.0 Å². The zero-order valence-electron chi connectivity index (χ0n) is 12.2. The van der Waals surface area contributed by atoms with E-state index in [1.807, 2.05) is 0 Å². The number of halogens is 1. The summed E-state index contributed by atoms with van der Waals surface area (Å²) in [6.07, 6.45) is 0.524. The van der Waals surface area contributed by atoms with Gasteiger partial charge in [-0.25, -0.2) is 0 Å². The number of phenols is 1. The third-order valence-electron chi connectivity index (χ3n) is 2.93. The Kier molecular flexibility index (Phi) is 5.35. The van der Waals surface area contributed by atoms with Crippen LogP contribution in [0.25, 0.3) is 0 Å². The molecule has 1 aromatic heterocycles. The van der Waals surface area contributed by atoms with Crippen LogP contribution < -0.4 is 5.32 Å². The quantitative estimate of drug-likeness (QED) is 0.844. The number of ether oxygens (including phenoxy) is 1. The second-order valence-electron chi connectivity index (χ2n) is 4.65. The van der Waals surface area contributed by atoms with Gasteiger partial charge in [0, 0.05) is 18.6 Å². The molecule has 1 amide bonds. The van der Waals surface area contributed by atoms with E-state index in [9.17, 15) is 9.90 Å². The number of nitrogens with one attached hydrogen (secondary N) is 1. The van der Waals surface area contributed by atoms with E-state index in [2.05, 4.69) is 15.5 Å². The fourth-order valence-corrected chi connectivity index (χ4v) is 1.94. The topological polar surface area (TPSA) is 97.5 Å². The maximum Gasteiger partial charge on any atom is 0.255 e. The van der Waals surface area contributed by atoms with Gasteiger partial charge < -0.3 is 19.7 Å². The largest absolute Gasteiger partial charge is 0.507 e. The highest BCUT2D eigenvalue weighted by Crippen LogP contribution is 2.22. The van der Waals surface area contributed by atoms with Crippen LogP contribution in [0, 0.1) is 0 Å². The van der Waals surface area contributed by atoms with Crippen LogP contribution in [0.1, 0.15) is 35.0 Å². The highest BCUT2D eigenvalue weighted by atomic mass is 35.5. The Morgan fingerprint density at radius 1 is 1.55 bits per heavy atom. The van der Waals surface area contributed by atoms with Crippen LogP contribution in [0.2, 0.25) is 5.02 Å². The van der Waals surface area contributed by atoms with Gasteiger partial charge in [0.25, 0.3) is 5.91 Å². The number of amides is 1. The van der Waals surface area contributed by atoms with E-state index in [4.69, 9.17) is 20.9 Å². The third-order valence-corrected chi connectivity index (χ3v) is 3.17. The normalized spacial score (nSPS) is 12.1. The molecule has 2 rings (SSSR count). The molecule has 0 unspecified atom stereocenters. The Morgan fingerprint density at radius 2 is 2.32 bits per heavy atom. The highest BCUT2D eigenvalue weighted by molar-refractivity contribution is 6.31. The highest BCUT2D eigenvalue weighted by Gasteiger charge is 2.19. The summed E-state index contributed by atoms with van der Waals surface area (Å²) in [6, 6.07) is 3.74. The lowest BCUT2D eigenvalue weighted by molar-refractivity contribution is 0.0930. The molecule has 1 aromatic carbocycles. The SMILES string of the molecule is COCCc1noc([C@@H](C)NC(=O)c2cc(Cl)ccc2O)n1. The number of aromatic hydroxyl groups is 1. The Morgan fingerprint density at radius 3 is 3.05 bits per heavy atom. The Balaban J connectivity index is 2.04. The summed E-state index contributed by atoms with van der Waals surface area (Å²) < 4.78 is 10.0. The van der Waals surface area contributed by atoms with Crippen LogP contribution in [0.4, 0.5) is 0 Å². The lowest BCUT2D eigenvalue weighted by Gasteiger charge is -2.10. The molecule has 2 aromatic rings. The van der Waals surface area contributed by atoms with Crippen LogP contribution in [0.5, 0.6) is 5.75 Å². The van der Waals surface area contributed by atoms with Crippen molar-refractivity contribution in [3.05, 3.63) is 40.5 Å².